The van der Waals surface area contributed by atoms with Crippen molar-refractivity contribution in [3.05, 3.63) is 11.8 Å². The van der Waals surface area contributed by atoms with E-state index in [0.29, 0.717) is 31.3 Å². The van der Waals surface area contributed by atoms with Crippen molar-refractivity contribution in [2.45, 2.75) is 32.5 Å². The summed E-state index contributed by atoms with van der Waals surface area (Å²) in [5.41, 5.74) is 0. The number of hydrogen-bond donors (Lipinski definition) is 0. The van der Waals surface area contributed by atoms with Crippen molar-refractivity contribution in [2.75, 3.05) is 26.7 Å². The van der Waals surface area contributed by atoms with E-state index in [4.69, 9.17) is 9.15 Å². The van der Waals surface area contributed by atoms with Gasteiger partial charge in [0.1, 0.15) is 12.5 Å². The van der Waals surface area contributed by atoms with E-state index in [1.54, 1.807) is 23.8 Å². The van der Waals surface area contributed by atoms with Crippen LogP contribution in [0, 0.1) is 12.8 Å². The zero-order valence-electron chi connectivity index (χ0n) is 12.8. The van der Waals surface area contributed by atoms with Gasteiger partial charge in [0, 0.05) is 33.6 Å². The SMILES string of the molecule is Cc1nnc(COC2CN(C(=O)C3CCCN(C)C3=O)C2)o1. The van der Waals surface area contributed by atoms with Gasteiger partial charge in [-0.1, -0.05) is 0 Å². The lowest BCUT2D eigenvalue weighted by Crippen LogP contribution is -2.58. The molecular weight excluding hydrogens is 288 g/mol. The Hall–Kier alpha value is -1.96. The molecule has 2 saturated heterocycles. The van der Waals surface area contributed by atoms with E-state index in [1.807, 2.05) is 0 Å². The van der Waals surface area contributed by atoms with Gasteiger partial charge in [-0.05, 0) is 12.8 Å². The second-order valence-electron chi connectivity index (χ2n) is 5.85. The summed E-state index contributed by atoms with van der Waals surface area (Å²) >= 11 is 0. The van der Waals surface area contributed by atoms with Crippen molar-refractivity contribution in [1.29, 1.82) is 0 Å². The van der Waals surface area contributed by atoms with Crippen molar-refractivity contribution >= 4 is 11.8 Å². The number of piperidine rings is 1. The minimum absolute atomic E-state index is 0.0346. The van der Waals surface area contributed by atoms with Crippen LogP contribution in [0.1, 0.15) is 24.6 Å². The Labute approximate surface area is 128 Å². The Bertz CT molecular complexity index is 567. The normalized spacial score (nSPS) is 22.8. The molecule has 0 radical (unpaired) electrons. The molecule has 22 heavy (non-hydrogen) atoms. The number of likely N-dealkylation sites (tertiary alicyclic amines) is 2. The summed E-state index contributed by atoms with van der Waals surface area (Å²) < 4.78 is 10.8. The molecule has 8 nitrogen and oxygen atoms in total. The molecule has 0 N–H and O–H groups in total. The number of nitrogens with zero attached hydrogens (tertiary/aromatic N) is 4. The Morgan fingerprint density at radius 1 is 1.41 bits per heavy atom. The van der Waals surface area contributed by atoms with Crippen LogP contribution in [0.4, 0.5) is 0 Å². The van der Waals surface area contributed by atoms with Crippen LogP contribution in [0.5, 0.6) is 0 Å². The number of ether oxygens (including phenoxy) is 1. The van der Waals surface area contributed by atoms with Gasteiger partial charge in [0.05, 0.1) is 6.10 Å². The van der Waals surface area contributed by atoms with Crippen molar-refractivity contribution in [2.24, 2.45) is 5.92 Å². The lowest BCUT2D eigenvalue weighted by Gasteiger charge is -2.41. The van der Waals surface area contributed by atoms with Crippen LogP contribution in [-0.4, -0.2) is 64.6 Å². The fourth-order valence-electron chi connectivity index (χ4n) is 2.79. The number of carbonyl (C=O) groups excluding carboxylic acids is 2. The quantitative estimate of drug-likeness (QED) is 0.726. The molecule has 0 saturated carbocycles. The topological polar surface area (TPSA) is 88.8 Å². The van der Waals surface area contributed by atoms with Gasteiger partial charge in [-0.25, -0.2) is 0 Å². The molecule has 1 atom stereocenters. The monoisotopic (exact) mass is 308 g/mol. The number of aromatic nitrogens is 2. The lowest BCUT2D eigenvalue weighted by molar-refractivity contribution is -0.158. The van der Waals surface area contributed by atoms with Gasteiger partial charge in [0.2, 0.25) is 23.6 Å². The van der Waals surface area contributed by atoms with Crippen LogP contribution in [0.15, 0.2) is 4.42 Å². The molecule has 0 aromatic carbocycles. The van der Waals surface area contributed by atoms with Gasteiger partial charge in [0.15, 0.2) is 0 Å². The van der Waals surface area contributed by atoms with Crippen LogP contribution in [0.3, 0.4) is 0 Å². The van der Waals surface area contributed by atoms with Crippen LogP contribution in [0.2, 0.25) is 0 Å². The summed E-state index contributed by atoms with van der Waals surface area (Å²) in [4.78, 5) is 27.7. The highest BCUT2D eigenvalue weighted by atomic mass is 16.5. The van der Waals surface area contributed by atoms with Gasteiger partial charge in [-0.2, -0.15) is 0 Å². The molecule has 2 aliphatic rings. The Morgan fingerprint density at radius 2 is 2.18 bits per heavy atom. The van der Waals surface area contributed by atoms with E-state index in [1.165, 1.54) is 0 Å². The highest BCUT2D eigenvalue weighted by Crippen LogP contribution is 2.23. The highest BCUT2D eigenvalue weighted by Gasteiger charge is 2.40. The molecule has 3 heterocycles. The molecule has 0 aliphatic carbocycles. The van der Waals surface area contributed by atoms with Crippen LogP contribution < -0.4 is 0 Å². The minimum Gasteiger partial charge on any atom is -0.423 e. The number of amides is 2. The van der Waals surface area contributed by atoms with E-state index in [-0.39, 0.29) is 24.5 Å². The number of rotatable bonds is 4. The summed E-state index contributed by atoms with van der Waals surface area (Å²) in [6.07, 6.45) is 1.49. The van der Waals surface area contributed by atoms with E-state index >= 15 is 0 Å². The molecule has 2 amide bonds. The third-order valence-corrected chi connectivity index (χ3v) is 4.13. The first kappa shape index (κ1) is 15.0. The molecule has 1 aromatic heterocycles. The average Bonchev–Trinajstić information content (AvgIpc) is 2.85. The molecular formula is C14H20N4O4. The minimum atomic E-state index is -0.515. The van der Waals surface area contributed by atoms with Gasteiger partial charge >= 0.3 is 0 Å². The van der Waals surface area contributed by atoms with Gasteiger partial charge in [0.25, 0.3) is 0 Å². The number of hydrogen-bond acceptors (Lipinski definition) is 6. The predicted molar refractivity (Wildman–Crippen MR) is 74.6 cm³/mol. The Balaban J connectivity index is 1.44. The van der Waals surface area contributed by atoms with Gasteiger partial charge < -0.3 is 19.0 Å². The van der Waals surface area contributed by atoms with E-state index in [2.05, 4.69) is 10.2 Å². The third kappa shape index (κ3) is 2.96. The highest BCUT2D eigenvalue weighted by molar-refractivity contribution is 6.00. The largest absolute Gasteiger partial charge is 0.423 e. The summed E-state index contributed by atoms with van der Waals surface area (Å²) in [6, 6.07) is 0. The fraction of sp³-hybridized carbons (Fsp3) is 0.714. The standard InChI is InChI=1S/C14H20N4O4/c1-9-15-16-12(22-9)8-21-10-6-18(7-10)14(20)11-4-3-5-17(2)13(11)19/h10-11H,3-8H2,1-2H3. The summed E-state index contributed by atoms with van der Waals surface area (Å²) in [6.45, 7) is 3.73. The fourth-order valence-corrected chi connectivity index (χ4v) is 2.79. The summed E-state index contributed by atoms with van der Waals surface area (Å²) in [5.74, 6) is 0.278. The van der Waals surface area contributed by atoms with Crippen LogP contribution in [-0.2, 0) is 20.9 Å². The predicted octanol–water partition coefficient (Wildman–Crippen LogP) is -0.0262. The van der Waals surface area contributed by atoms with Crippen molar-refractivity contribution in [3.8, 4) is 0 Å². The maximum Gasteiger partial charge on any atom is 0.242 e. The van der Waals surface area contributed by atoms with Gasteiger partial charge in [-0.3, -0.25) is 9.59 Å². The molecule has 8 heteroatoms. The number of aryl methyl sites for hydroxylation is 1. The first-order valence-electron chi connectivity index (χ1n) is 7.49. The van der Waals surface area contributed by atoms with Crippen molar-refractivity contribution in [1.82, 2.24) is 20.0 Å². The maximum absolute atomic E-state index is 12.3. The Morgan fingerprint density at radius 3 is 2.86 bits per heavy atom. The lowest BCUT2D eigenvalue weighted by atomic mass is 9.94. The van der Waals surface area contributed by atoms with Crippen LogP contribution in [0.25, 0.3) is 0 Å². The third-order valence-electron chi connectivity index (χ3n) is 4.13. The smallest absolute Gasteiger partial charge is 0.242 e. The maximum atomic E-state index is 12.3. The zero-order valence-corrected chi connectivity index (χ0v) is 12.8. The molecule has 0 bridgehead atoms. The molecule has 2 aliphatic heterocycles. The van der Waals surface area contributed by atoms with Gasteiger partial charge in [-0.15, -0.1) is 10.2 Å². The molecule has 0 spiro atoms. The molecule has 1 unspecified atom stereocenters. The Kier molecular flexibility index (Phi) is 4.10. The first-order valence-corrected chi connectivity index (χ1v) is 7.49. The molecule has 1 aromatic rings. The molecule has 120 valence electrons. The average molecular weight is 308 g/mol. The first-order chi connectivity index (χ1) is 10.5. The van der Waals surface area contributed by atoms with Crippen molar-refractivity contribution in [3.63, 3.8) is 0 Å². The second kappa shape index (κ2) is 6.04. The van der Waals surface area contributed by atoms with E-state index < -0.39 is 5.92 Å². The van der Waals surface area contributed by atoms with Crippen LogP contribution >= 0.6 is 0 Å². The van der Waals surface area contributed by atoms with Crippen molar-refractivity contribution < 1.29 is 18.7 Å². The summed E-state index contributed by atoms with van der Waals surface area (Å²) in [5, 5.41) is 7.57. The zero-order chi connectivity index (χ0) is 15.7. The molecule has 3 rings (SSSR count). The number of carbonyl (C=O) groups is 2. The summed E-state index contributed by atoms with van der Waals surface area (Å²) in [7, 11) is 1.75. The van der Waals surface area contributed by atoms with E-state index in [0.717, 1.165) is 13.0 Å². The molecule has 2 fully saturated rings. The second-order valence-corrected chi connectivity index (χ2v) is 5.85. The van der Waals surface area contributed by atoms with E-state index in [9.17, 15) is 9.59 Å².